The molecule has 5 heteroatoms. The summed E-state index contributed by atoms with van der Waals surface area (Å²) in [5, 5.41) is 4.00. The second-order valence-electron chi connectivity index (χ2n) is 6.53. The van der Waals surface area contributed by atoms with E-state index in [0.717, 1.165) is 22.3 Å². The molecule has 1 N–H and O–H groups in total. The number of hydrogen-bond donors (Lipinski definition) is 1. The van der Waals surface area contributed by atoms with Gasteiger partial charge in [-0.1, -0.05) is 24.3 Å². The summed E-state index contributed by atoms with van der Waals surface area (Å²) < 4.78 is 11.2. The van der Waals surface area contributed by atoms with E-state index in [1.807, 2.05) is 74.3 Å². The van der Waals surface area contributed by atoms with Crippen LogP contribution in [0.1, 0.15) is 24.3 Å². The van der Waals surface area contributed by atoms with E-state index in [2.05, 4.69) is 5.32 Å². The third kappa shape index (κ3) is 3.89. The summed E-state index contributed by atoms with van der Waals surface area (Å²) in [5.41, 5.74) is 2.60. The van der Waals surface area contributed by atoms with Gasteiger partial charge in [0.25, 0.3) is 0 Å². The number of aryl methyl sites for hydroxylation is 1. The van der Waals surface area contributed by atoms with E-state index in [1.54, 1.807) is 7.11 Å². The predicted molar refractivity (Wildman–Crippen MR) is 104 cm³/mol. The minimum absolute atomic E-state index is 0.0208. The van der Waals surface area contributed by atoms with Crippen LogP contribution in [0, 0.1) is 6.92 Å². The third-order valence-corrected chi connectivity index (χ3v) is 4.54. The number of furan rings is 1. The van der Waals surface area contributed by atoms with Crippen molar-refractivity contribution < 1.29 is 13.9 Å². The Morgan fingerprint density at radius 3 is 2.73 bits per heavy atom. The maximum atomic E-state index is 12.5. The first-order valence-corrected chi connectivity index (χ1v) is 8.61. The Morgan fingerprint density at radius 1 is 1.23 bits per heavy atom. The van der Waals surface area contributed by atoms with Gasteiger partial charge in [-0.05, 0) is 50.7 Å². The number of fused-ring (bicyclic) bond motifs is 1. The van der Waals surface area contributed by atoms with Gasteiger partial charge < -0.3 is 14.5 Å². The van der Waals surface area contributed by atoms with Crippen molar-refractivity contribution in [2.24, 2.45) is 0 Å². The van der Waals surface area contributed by atoms with Gasteiger partial charge in [0, 0.05) is 5.39 Å². The molecular formula is C21H24N2O3. The van der Waals surface area contributed by atoms with Crippen LogP contribution in [-0.4, -0.2) is 31.5 Å². The molecule has 136 valence electrons. The van der Waals surface area contributed by atoms with Crippen molar-refractivity contribution in [1.82, 2.24) is 4.90 Å². The average Bonchev–Trinajstić information content (AvgIpc) is 3.05. The van der Waals surface area contributed by atoms with Gasteiger partial charge >= 0.3 is 0 Å². The fourth-order valence-corrected chi connectivity index (χ4v) is 2.90. The molecule has 1 aromatic heterocycles. The number of anilines is 1. The summed E-state index contributed by atoms with van der Waals surface area (Å²) in [5.74, 6) is 1.39. The molecule has 0 aliphatic heterocycles. The first kappa shape index (κ1) is 18.0. The molecule has 0 aliphatic rings. The molecule has 3 rings (SSSR count). The number of hydrogen-bond acceptors (Lipinski definition) is 4. The number of nitrogens with one attached hydrogen (secondary N) is 1. The standard InChI is InChI=1S/C21H24N2O3/c1-14-9-10-19(25-4)17(11-14)22-21(24)13-23(3)15(2)20-12-16-7-5-6-8-18(16)26-20/h5-12,15H,13H2,1-4H3,(H,22,24)/t15-/m0/s1. The molecule has 0 bridgehead atoms. The number of rotatable bonds is 6. The van der Waals surface area contributed by atoms with E-state index in [4.69, 9.17) is 9.15 Å². The molecule has 1 atom stereocenters. The van der Waals surface area contributed by atoms with Crippen molar-refractivity contribution >= 4 is 22.6 Å². The van der Waals surface area contributed by atoms with E-state index in [0.29, 0.717) is 11.4 Å². The number of likely N-dealkylation sites (N-methyl/N-ethyl adjacent to an activating group) is 1. The largest absolute Gasteiger partial charge is 0.495 e. The van der Waals surface area contributed by atoms with Crippen molar-refractivity contribution in [2.75, 3.05) is 26.0 Å². The van der Waals surface area contributed by atoms with E-state index in [9.17, 15) is 4.79 Å². The number of para-hydroxylation sites is 1. The second-order valence-corrected chi connectivity index (χ2v) is 6.53. The second kappa shape index (κ2) is 7.62. The molecule has 5 nitrogen and oxygen atoms in total. The number of nitrogens with zero attached hydrogens (tertiary/aromatic N) is 1. The summed E-state index contributed by atoms with van der Waals surface area (Å²) in [6.07, 6.45) is 0. The van der Waals surface area contributed by atoms with Gasteiger partial charge in [-0.25, -0.2) is 0 Å². The minimum Gasteiger partial charge on any atom is -0.495 e. The third-order valence-electron chi connectivity index (χ3n) is 4.54. The van der Waals surface area contributed by atoms with Gasteiger partial charge in [-0.3, -0.25) is 9.69 Å². The van der Waals surface area contributed by atoms with Crippen molar-refractivity contribution in [3.8, 4) is 5.75 Å². The first-order valence-electron chi connectivity index (χ1n) is 8.61. The summed E-state index contributed by atoms with van der Waals surface area (Å²) in [4.78, 5) is 14.4. The number of methoxy groups -OCH3 is 1. The fraction of sp³-hybridized carbons (Fsp3) is 0.286. The van der Waals surface area contributed by atoms with Crippen LogP contribution in [0.25, 0.3) is 11.0 Å². The highest BCUT2D eigenvalue weighted by atomic mass is 16.5. The number of amides is 1. The van der Waals surface area contributed by atoms with Gasteiger partial charge in [-0.15, -0.1) is 0 Å². The van der Waals surface area contributed by atoms with E-state index in [1.165, 1.54) is 0 Å². The molecule has 0 radical (unpaired) electrons. The summed E-state index contributed by atoms with van der Waals surface area (Å²) in [6, 6.07) is 15.6. The number of benzene rings is 2. The number of ether oxygens (including phenoxy) is 1. The highest BCUT2D eigenvalue weighted by molar-refractivity contribution is 5.93. The highest BCUT2D eigenvalue weighted by Crippen LogP contribution is 2.27. The Balaban J connectivity index is 1.68. The van der Waals surface area contributed by atoms with Crippen molar-refractivity contribution in [3.63, 3.8) is 0 Å². The topological polar surface area (TPSA) is 54.7 Å². The molecule has 0 aliphatic carbocycles. The lowest BCUT2D eigenvalue weighted by atomic mass is 10.2. The Bertz CT molecular complexity index is 884. The molecule has 1 amide bonds. The zero-order valence-electron chi connectivity index (χ0n) is 15.6. The fourth-order valence-electron chi connectivity index (χ4n) is 2.90. The summed E-state index contributed by atoms with van der Waals surface area (Å²) in [6.45, 7) is 4.25. The van der Waals surface area contributed by atoms with Crippen LogP contribution in [-0.2, 0) is 4.79 Å². The predicted octanol–water partition coefficient (Wildman–Crippen LogP) is 4.38. The maximum Gasteiger partial charge on any atom is 0.238 e. The van der Waals surface area contributed by atoms with Gasteiger partial charge in [-0.2, -0.15) is 0 Å². The lowest BCUT2D eigenvalue weighted by Gasteiger charge is -2.22. The Morgan fingerprint density at radius 2 is 2.00 bits per heavy atom. The SMILES string of the molecule is COc1ccc(C)cc1NC(=O)CN(C)[C@@H](C)c1cc2ccccc2o1. The lowest BCUT2D eigenvalue weighted by Crippen LogP contribution is -2.32. The van der Waals surface area contributed by atoms with Crippen LogP contribution in [0.15, 0.2) is 52.9 Å². The molecule has 0 saturated carbocycles. The smallest absolute Gasteiger partial charge is 0.238 e. The van der Waals surface area contributed by atoms with Gasteiger partial charge in [0.15, 0.2) is 0 Å². The normalized spacial score (nSPS) is 12.3. The van der Waals surface area contributed by atoms with Gasteiger partial charge in [0.05, 0.1) is 25.4 Å². The Kier molecular flexibility index (Phi) is 5.28. The highest BCUT2D eigenvalue weighted by Gasteiger charge is 2.19. The van der Waals surface area contributed by atoms with Gasteiger partial charge in [0.2, 0.25) is 5.91 Å². The molecule has 0 fully saturated rings. The molecule has 0 unspecified atom stereocenters. The molecule has 3 aromatic rings. The quantitative estimate of drug-likeness (QED) is 0.715. The van der Waals surface area contributed by atoms with Crippen LogP contribution in [0.3, 0.4) is 0 Å². The van der Waals surface area contributed by atoms with E-state index in [-0.39, 0.29) is 18.5 Å². The number of carbonyl (C=O) groups excluding carboxylic acids is 1. The van der Waals surface area contributed by atoms with Crippen molar-refractivity contribution in [3.05, 3.63) is 59.9 Å². The van der Waals surface area contributed by atoms with Crippen molar-refractivity contribution in [2.45, 2.75) is 19.9 Å². The zero-order valence-corrected chi connectivity index (χ0v) is 15.6. The van der Waals surface area contributed by atoms with E-state index < -0.39 is 0 Å². The molecule has 26 heavy (non-hydrogen) atoms. The monoisotopic (exact) mass is 352 g/mol. The van der Waals surface area contributed by atoms with Crippen LogP contribution in [0.4, 0.5) is 5.69 Å². The maximum absolute atomic E-state index is 12.5. The zero-order chi connectivity index (χ0) is 18.7. The van der Waals surface area contributed by atoms with Crippen molar-refractivity contribution in [1.29, 1.82) is 0 Å². The molecule has 0 spiro atoms. The summed E-state index contributed by atoms with van der Waals surface area (Å²) >= 11 is 0. The van der Waals surface area contributed by atoms with E-state index >= 15 is 0 Å². The van der Waals surface area contributed by atoms with Crippen LogP contribution in [0.5, 0.6) is 5.75 Å². The van der Waals surface area contributed by atoms with Crippen LogP contribution < -0.4 is 10.1 Å². The van der Waals surface area contributed by atoms with Gasteiger partial charge in [0.1, 0.15) is 17.1 Å². The number of carbonyl (C=O) groups is 1. The molecule has 1 heterocycles. The van der Waals surface area contributed by atoms with Crippen LogP contribution in [0.2, 0.25) is 0 Å². The minimum atomic E-state index is -0.0978. The molecular weight excluding hydrogens is 328 g/mol. The Hall–Kier alpha value is -2.79. The first-order chi connectivity index (χ1) is 12.5. The molecule has 0 saturated heterocycles. The average molecular weight is 352 g/mol. The van der Waals surface area contributed by atoms with Crippen LogP contribution >= 0.6 is 0 Å². The summed E-state index contributed by atoms with van der Waals surface area (Å²) in [7, 11) is 3.50. The lowest BCUT2D eigenvalue weighted by molar-refractivity contribution is -0.117. The molecule has 2 aromatic carbocycles. The Labute approximate surface area is 153 Å².